The van der Waals surface area contributed by atoms with Gasteiger partial charge < -0.3 is 16.6 Å². The fourth-order valence-electron chi connectivity index (χ4n) is 1.16. The van der Waals surface area contributed by atoms with E-state index < -0.39 is 6.10 Å². The summed E-state index contributed by atoms with van der Waals surface area (Å²) in [6, 6.07) is 0. The average molecular weight is 214 g/mol. The molecular formula is C6H10BO2Y-. The Hall–Kier alpha value is 1.09. The Morgan fingerprint density at radius 1 is 1.60 bits per heavy atom. The van der Waals surface area contributed by atoms with Gasteiger partial charge in [-0.1, -0.05) is 12.5 Å². The van der Waals surface area contributed by atoms with Crippen LogP contribution in [-0.4, -0.2) is 30.8 Å². The van der Waals surface area contributed by atoms with Crippen LogP contribution in [0.3, 0.4) is 0 Å². The van der Waals surface area contributed by atoms with E-state index >= 15 is 0 Å². The van der Waals surface area contributed by atoms with Gasteiger partial charge in [0.15, 0.2) is 0 Å². The van der Waals surface area contributed by atoms with Crippen molar-refractivity contribution in [3.05, 3.63) is 6.42 Å². The normalized spacial score (nSPS) is 39.2. The second kappa shape index (κ2) is 4.86. The second-order valence-corrected chi connectivity index (χ2v) is 2.53. The molecule has 10 heavy (non-hydrogen) atoms. The van der Waals surface area contributed by atoms with Crippen LogP contribution in [0, 0.1) is 12.3 Å². The maximum absolute atomic E-state index is 9.06. The fourth-order valence-corrected chi connectivity index (χ4v) is 1.16. The molecule has 53 valence electrons. The molecule has 1 fully saturated rings. The van der Waals surface area contributed by atoms with Crippen molar-refractivity contribution in [1.82, 2.24) is 0 Å². The minimum absolute atomic E-state index is 0. The largest absolute Gasteiger partial charge is 0.425 e. The van der Waals surface area contributed by atoms with Crippen molar-refractivity contribution in [1.29, 1.82) is 0 Å². The zero-order valence-electron chi connectivity index (χ0n) is 5.77. The predicted molar refractivity (Wildman–Crippen MR) is 35.0 cm³/mol. The van der Waals surface area contributed by atoms with E-state index in [2.05, 4.69) is 0 Å². The summed E-state index contributed by atoms with van der Waals surface area (Å²) in [7, 11) is 5.46. The van der Waals surface area contributed by atoms with Crippen LogP contribution in [-0.2, 0) is 32.7 Å². The third-order valence-corrected chi connectivity index (χ3v) is 1.74. The first-order chi connectivity index (χ1) is 4.24. The van der Waals surface area contributed by atoms with Crippen LogP contribution in [0.2, 0.25) is 5.82 Å². The van der Waals surface area contributed by atoms with Gasteiger partial charge in [-0.05, 0) is 5.92 Å². The maximum Gasteiger partial charge on any atom is 0.0456 e. The van der Waals surface area contributed by atoms with Crippen LogP contribution in [0.5, 0.6) is 0 Å². The average Bonchev–Trinajstić information content (AvgIpc) is 2.10. The van der Waals surface area contributed by atoms with Gasteiger partial charge in [-0.2, -0.15) is 5.82 Å². The van der Waals surface area contributed by atoms with Crippen molar-refractivity contribution in [3.8, 4) is 0 Å². The molecule has 1 aliphatic carbocycles. The Kier molecular flexibility index (Phi) is 5.39. The van der Waals surface area contributed by atoms with Gasteiger partial charge in [0.25, 0.3) is 0 Å². The summed E-state index contributed by atoms with van der Waals surface area (Å²) in [4.78, 5) is 0. The SMILES string of the molecule is [B][C@H]1[CH-][C@@H](O)[C@@H](CO)C1.[Y]. The molecule has 0 amide bonds. The molecule has 1 saturated carbocycles. The third-order valence-electron chi connectivity index (χ3n) is 1.74. The first kappa shape index (κ1) is 11.1. The van der Waals surface area contributed by atoms with Crippen LogP contribution in [0.25, 0.3) is 0 Å². The summed E-state index contributed by atoms with van der Waals surface area (Å²) in [5.41, 5.74) is 0. The van der Waals surface area contributed by atoms with Gasteiger partial charge in [0.1, 0.15) is 0 Å². The topological polar surface area (TPSA) is 40.5 Å². The van der Waals surface area contributed by atoms with Crippen molar-refractivity contribution >= 4 is 7.85 Å². The minimum atomic E-state index is -0.495. The first-order valence-electron chi connectivity index (χ1n) is 3.13. The molecule has 2 nitrogen and oxygen atoms in total. The van der Waals surface area contributed by atoms with Gasteiger partial charge in [0.05, 0.1) is 0 Å². The molecule has 0 bridgehead atoms. The molecule has 0 unspecified atom stereocenters. The van der Waals surface area contributed by atoms with Crippen molar-refractivity contribution in [2.45, 2.75) is 18.3 Å². The number of aliphatic hydroxyl groups is 2. The molecule has 3 atom stereocenters. The summed E-state index contributed by atoms with van der Waals surface area (Å²) >= 11 is 0. The Morgan fingerprint density at radius 2 is 2.20 bits per heavy atom. The number of rotatable bonds is 1. The summed E-state index contributed by atoms with van der Waals surface area (Å²) in [6.07, 6.45) is 1.88. The summed E-state index contributed by atoms with van der Waals surface area (Å²) in [6.45, 7) is 0.0331. The van der Waals surface area contributed by atoms with Gasteiger partial charge in [0, 0.05) is 47.2 Å². The Morgan fingerprint density at radius 3 is 2.40 bits per heavy atom. The molecule has 0 aromatic heterocycles. The van der Waals surface area contributed by atoms with E-state index in [1.54, 1.807) is 6.42 Å². The second-order valence-electron chi connectivity index (χ2n) is 2.53. The van der Waals surface area contributed by atoms with Crippen molar-refractivity contribution < 1.29 is 42.9 Å². The van der Waals surface area contributed by atoms with Gasteiger partial charge in [-0.25, -0.2) is 0 Å². The van der Waals surface area contributed by atoms with E-state index in [0.29, 0.717) is 6.42 Å². The van der Waals surface area contributed by atoms with E-state index in [1.807, 2.05) is 0 Å². The molecular weight excluding hydrogens is 204 g/mol. The number of hydrogen-bond acceptors (Lipinski definition) is 2. The van der Waals surface area contributed by atoms with Crippen LogP contribution >= 0.6 is 0 Å². The van der Waals surface area contributed by atoms with E-state index in [9.17, 15) is 0 Å². The maximum atomic E-state index is 9.06. The van der Waals surface area contributed by atoms with E-state index in [-0.39, 0.29) is 51.1 Å². The van der Waals surface area contributed by atoms with Crippen LogP contribution in [0.15, 0.2) is 0 Å². The zero-order chi connectivity index (χ0) is 6.85. The van der Waals surface area contributed by atoms with Crippen LogP contribution in [0.1, 0.15) is 6.42 Å². The predicted octanol–water partition coefficient (Wildman–Crippen LogP) is -0.482. The van der Waals surface area contributed by atoms with Crippen molar-refractivity contribution in [2.24, 2.45) is 5.92 Å². The monoisotopic (exact) mass is 214 g/mol. The number of aliphatic hydroxyl groups excluding tert-OH is 2. The molecule has 4 heteroatoms. The standard InChI is InChI=1S/C6H10BO2.Y/c7-5-1-4(3-8)6(9)2-5;/h2,4-6,8-9H,1,3H2;/q-1;/t4-,5-,6-;/m1./s1. The number of hydrogen-bond donors (Lipinski definition) is 2. The molecule has 0 spiro atoms. The van der Waals surface area contributed by atoms with E-state index in [0.717, 1.165) is 0 Å². The van der Waals surface area contributed by atoms with Crippen LogP contribution < -0.4 is 0 Å². The van der Waals surface area contributed by atoms with Gasteiger partial charge in [-0.3, -0.25) is 0 Å². The molecule has 0 heterocycles. The van der Waals surface area contributed by atoms with Gasteiger partial charge in [-0.15, -0.1) is 0 Å². The Labute approximate surface area is 87.7 Å². The van der Waals surface area contributed by atoms with Gasteiger partial charge >= 0.3 is 0 Å². The Bertz CT molecular complexity index is 102. The molecule has 0 saturated heterocycles. The molecule has 0 aliphatic heterocycles. The van der Waals surface area contributed by atoms with Gasteiger partial charge in [0.2, 0.25) is 0 Å². The van der Waals surface area contributed by atoms with Crippen molar-refractivity contribution in [3.63, 3.8) is 0 Å². The Balaban J connectivity index is 0.000000810. The first-order valence-corrected chi connectivity index (χ1v) is 3.13. The fraction of sp³-hybridized carbons (Fsp3) is 0.833. The molecule has 0 aromatic carbocycles. The quantitative estimate of drug-likeness (QED) is 0.457. The molecule has 0 aromatic rings. The smallest absolute Gasteiger partial charge is 0.0456 e. The zero-order valence-corrected chi connectivity index (χ0v) is 8.61. The summed E-state index contributed by atoms with van der Waals surface area (Å²) in [5, 5.41) is 17.7. The third kappa shape index (κ3) is 2.61. The summed E-state index contributed by atoms with van der Waals surface area (Å²) in [5.74, 6) is -0.0582. The molecule has 2 N–H and O–H groups in total. The van der Waals surface area contributed by atoms with Crippen LogP contribution in [0.4, 0.5) is 0 Å². The molecule has 1 aliphatic rings. The summed E-state index contributed by atoms with van der Waals surface area (Å²) < 4.78 is 0. The van der Waals surface area contributed by atoms with Crippen molar-refractivity contribution in [2.75, 3.05) is 6.61 Å². The van der Waals surface area contributed by atoms with E-state index in [4.69, 9.17) is 18.1 Å². The molecule has 1 rings (SSSR count). The van der Waals surface area contributed by atoms with E-state index in [1.165, 1.54) is 0 Å². The minimum Gasteiger partial charge on any atom is -0.425 e. The molecule has 3 radical (unpaired) electrons.